The van der Waals surface area contributed by atoms with Crippen molar-refractivity contribution in [2.45, 2.75) is 25.3 Å². The molecule has 0 atom stereocenters. The predicted molar refractivity (Wildman–Crippen MR) is 88.7 cm³/mol. The van der Waals surface area contributed by atoms with Gasteiger partial charge in [-0.15, -0.1) is 0 Å². The highest BCUT2D eigenvalue weighted by molar-refractivity contribution is 5.94. The van der Waals surface area contributed by atoms with Crippen molar-refractivity contribution in [3.05, 3.63) is 48.3 Å². The number of benzene rings is 1. The molecule has 0 spiro atoms. The Balaban J connectivity index is 1.43. The lowest BCUT2D eigenvalue weighted by atomic mass is 10.1. The van der Waals surface area contributed by atoms with E-state index in [0.717, 1.165) is 49.9 Å². The second-order valence-corrected chi connectivity index (χ2v) is 6.41. The van der Waals surface area contributed by atoms with Gasteiger partial charge < -0.3 is 4.90 Å². The van der Waals surface area contributed by atoms with E-state index in [1.165, 1.54) is 12.8 Å². The molecule has 23 heavy (non-hydrogen) atoms. The Morgan fingerprint density at radius 1 is 1.04 bits per heavy atom. The highest BCUT2D eigenvalue weighted by atomic mass is 16.2. The Morgan fingerprint density at radius 2 is 1.87 bits per heavy atom. The van der Waals surface area contributed by atoms with E-state index in [0.29, 0.717) is 0 Å². The van der Waals surface area contributed by atoms with E-state index >= 15 is 0 Å². The van der Waals surface area contributed by atoms with Gasteiger partial charge in [-0.25, -0.2) is 4.68 Å². The van der Waals surface area contributed by atoms with E-state index in [1.54, 1.807) is 10.9 Å². The van der Waals surface area contributed by atoms with Crippen molar-refractivity contribution < 1.29 is 4.79 Å². The fraction of sp³-hybridized carbons (Fsp3) is 0.444. The summed E-state index contributed by atoms with van der Waals surface area (Å²) in [7, 11) is 0. The highest BCUT2D eigenvalue weighted by Gasteiger charge is 2.30. The fourth-order valence-electron chi connectivity index (χ4n) is 3.31. The molecule has 1 aromatic carbocycles. The van der Waals surface area contributed by atoms with Crippen LogP contribution in [0, 0.1) is 0 Å². The lowest BCUT2D eigenvalue weighted by Crippen LogP contribution is -2.35. The van der Waals surface area contributed by atoms with Gasteiger partial charge in [0.2, 0.25) is 0 Å². The second-order valence-electron chi connectivity index (χ2n) is 6.41. The van der Waals surface area contributed by atoms with Crippen LogP contribution in [0.15, 0.2) is 42.7 Å². The van der Waals surface area contributed by atoms with Gasteiger partial charge in [-0.2, -0.15) is 5.10 Å². The third-order valence-corrected chi connectivity index (χ3v) is 4.76. The molecule has 0 radical (unpaired) electrons. The zero-order chi connectivity index (χ0) is 15.6. The SMILES string of the molecule is O=C(c1ccc(-n2cccn2)cc1)N1CCCN(C2CC2)CC1. The first-order valence-electron chi connectivity index (χ1n) is 8.45. The third-order valence-electron chi connectivity index (χ3n) is 4.76. The normalized spacial score (nSPS) is 19.6. The Morgan fingerprint density at radius 3 is 2.57 bits per heavy atom. The minimum absolute atomic E-state index is 0.148. The van der Waals surface area contributed by atoms with Crippen molar-refractivity contribution in [3.63, 3.8) is 0 Å². The predicted octanol–water partition coefficient (Wildman–Crippen LogP) is 2.18. The van der Waals surface area contributed by atoms with Crippen molar-refractivity contribution in [3.8, 4) is 5.69 Å². The molecule has 5 nitrogen and oxygen atoms in total. The molecule has 1 aliphatic heterocycles. The number of nitrogens with zero attached hydrogens (tertiary/aromatic N) is 4. The summed E-state index contributed by atoms with van der Waals surface area (Å²) in [6, 6.07) is 10.4. The summed E-state index contributed by atoms with van der Waals surface area (Å²) in [5, 5.41) is 4.21. The summed E-state index contributed by atoms with van der Waals surface area (Å²) in [6.45, 7) is 3.85. The van der Waals surface area contributed by atoms with Crippen LogP contribution in [-0.4, -0.2) is 57.7 Å². The molecular weight excluding hydrogens is 288 g/mol. The number of rotatable bonds is 3. The average Bonchev–Trinajstić information content (AvgIpc) is 3.34. The van der Waals surface area contributed by atoms with Crippen LogP contribution in [0.25, 0.3) is 5.69 Å². The van der Waals surface area contributed by atoms with Crippen molar-refractivity contribution in [2.75, 3.05) is 26.2 Å². The molecule has 0 bridgehead atoms. The second kappa shape index (κ2) is 6.16. The Kier molecular flexibility index (Phi) is 3.87. The van der Waals surface area contributed by atoms with E-state index in [4.69, 9.17) is 0 Å². The summed E-state index contributed by atoms with van der Waals surface area (Å²) in [6.07, 6.45) is 7.40. The standard InChI is InChI=1S/C18H22N4O/c23-18(21-11-2-10-20(13-14-21)16-7-8-16)15-3-5-17(6-4-15)22-12-1-9-19-22/h1,3-6,9,12,16H,2,7-8,10-11,13-14H2. The first kappa shape index (κ1) is 14.5. The quantitative estimate of drug-likeness (QED) is 0.872. The van der Waals surface area contributed by atoms with Gasteiger partial charge >= 0.3 is 0 Å². The van der Waals surface area contributed by atoms with Crippen LogP contribution in [0.2, 0.25) is 0 Å². The fourth-order valence-corrected chi connectivity index (χ4v) is 3.31. The summed E-state index contributed by atoms with van der Waals surface area (Å²) in [5.41, 5.74) is 1.74. The molecule has 4 rings (SSSR count). The van der Waals surface area contributed by atoms with E-state index in [2.05, 4.69) is 10.00 Å². The molecule has 1 amide bonds. The van der Waals surface area contributed by atoms with Crippen LogP contribution in [-0.2, 0) is 0 Å². The van der Waals surface area contributed by atoms with Gasteiger partial charge in [0, 0.05) is 50.2 Å². The molecule has 5 heteroatoms. The minimum atomic E-state index is 0.148. The van der Waals surface area contributed by atoms with Gasteiger partial charge in [0.15, 0.2) is 0 Å². The van der Waals surface area contributed by atoms with E-state index in [-0.39, 0.29) is 5.91 Å². The number of hydrogen-bond donors (Lipinski definition) is 0. The molecule has 0 unspecified atom stereocenters. The molecular formula is C18H22N4O. The topological polar surface area (TPSA) is 41.4 Å². The summed E-state index contributed by atoms with van der Waals surface area (Å²) >= 11 is 0. The van der Waals surface area contributed by atoms with Gasteiger partial charge in [0.05, 0.1) is 5.69 Å². The summed E-state index contributed by atoms with van der Waals surface area (Å²) in [4.78, 5) is 17.3. The maximum atomic E-state index is 12.7. The van der Waals surface area contributed by atoms with Gasteiger partial charge in [0.25, 0.3) is 5.91 Å². The number of carbonyl (C=O) groups is 1. The smallest absolute Gasteiger partial charge is 0.253 e. The highest BCUT2D eigenvalue weighted by Crippen LogP contribution is 2.27. The van der Waals surface area contributed by atoms with Crippen LogP contribution in [0.3, 0.4) is 0 Å². The van der Waals surface area contributed by atoms with E-state index in [9.17, 15) is 4.79 Å². The molecule has 1 aromatic heterocycles. The number of amides is 1. The molecule has 1 saturated carbocycles. The third kappa shape index (κ3) is 3.15. The number of hydrogen-bond acceptors (Lipinski definition) is 3. The summed E-state index contributed by atoms with van der Waals surface area (Å²) < 4.78 is 1.80. The Hall–Kier alpha value is -2.14. The maximum absolute atomic E-state index is 12.7. The molecule has 2 fully saturated rings. The van der Waals surface area contributed by atoms with E-state index in [1.807, 2.05) is 41.4 Å². The average molecular weight is 310 g/mol. The monoisotopic (exact) mass is 310 g/mol. The van der Waals surface area contributed by atoms with Crippen LogP contribution >= 0.6 is 0 Å². The molecule has 2 aliphatic rings. The number of aromatic nitrogens is 2. The molecule has 1 saturated heterocycles. The van der Waals surface area contributed by atoms with Crippen molar-refractivity contribution in [1.29, 1.82) is 0 Å². The number of carbonyl (C=O) groups excluding carboxylic acids is 1. The molecule has 2 aromatic rings. The van der Waals surface area contributed by atoms with Crippen LogP contribution < -0.4 is 0 Å². The van der Waals surface area contributed by atoms with Gasteiger partial charge in [0.1, 0.15) is 0 Å². The van der Waals surface area contributed by atoms with Crippen LogP contribution in [0.5, 0.6) is 0 Å². The lowest BCUT2D eigenvalue weighted by Gasteiger charge is -2.22. The zero-order valence-electron chi connectivity index (χ0n) is 13.3. The van der Waals surface area contributed by atoms with Crippen molar-refractivity contribution in [1.82, 2.24) is 19.6 Å². The largest absolute Gasteiger partial charge is 0.337 e. The van der Waals surface area contributed by atoms with Gasteiger partial charge in [-0.3, -0.25) is 9.69 Å². The van der Waals surface area contributed by atoms with E-state index < -0.39 is 0 Å². The Bertz CT molecular complexity index is 661. The van der Waals surface area contributed by atoms with Gasteiger partial charge in [-0.05, 0) is 49.6 Å². The van der Waals surface area contributed by atoms with Crippen molar-refractivity contribution in [2.24, 2.45) is 0 Å². The molecule has 2 heterocycles. The lowest BCUT2D eigenvalue weighted by molar-refractivity contribution is 0.0761. The maximum Gasteiger partial charge on any atom is 0.253 e. The Labute approximate surface area is 136 Å². The van der Waals surface area contributed by atoms with Crippen LogP contribution in [0.1, 0.15) is 29.6 Å². The summed E-state index contributed by atoms with van der Waals surface area (Å²) in [5.74, 6) is 0.148. The van der Waals surface area contributed by atoms with Gasteiger partial charge in [-0.1, -0.05) is 0 Å². The molecule has 120 valence electrons. The molecule has 0 N–H and O–H groups in total. The van der Waals surface area contributed by atoms with Crippen molar-refractivity contribution >= 4 is 5.91 Å². The minimum Gasteiger partial charge on any atom is -0.337 e. The molecule has 1 aliphatic carbocycles. The zero-order valence-corrected chi connectivity index (χ0v) is 13.3. The first-order chi connectivity index (χ1) is 11.3. The first-order valence-corrected chi connectivity index (χ1v) is 8.45. The van der Waals surface area contributed by atoms with Crippen LogP contribution in [0.4, 0.5) is 0 Å².